The second kappa shape index (κ2) is 6.07. The van der Waals surface area contributed by atoms with Gasteiger partial charge in [0.2, 0.25) is 0 Å². The van der Waals surface area contributed by atoms with Gasteiger partial charge >= 0.3 is 5.97 Å². The van der Waals surface area contributed by atoms with E-state index in [2.05, 4.69) is 4.40 Å². The molecule has 0 radical (unpaired) electrons. The van der Waals surface area contributed by atoms with Crippen LogP contribution in [0.25, 0.3) is 21.9 Å². The SMILES string of the molecule is O=C(Oc1ccc2oc3ccccc3c2c1)C1=CC=CN2CCS(=O)(=O)N=C12. The predicted octanol–water partition coefficient (Wildman–Crippen LogP) is 2.99. The zero-order valence-electron chi connectivity index (χ0n) is 14.5. The summed E-state index contributed by atoms with van der Waals surface area (Å²) in [4.78, 5) is 14.4. The van der Waals surface area contributed by atoms with Crippen molar-refractivity contribution in [2.45, 2.75) is 0 Å². The molecule has 5 rings (SSSR count). The van der Waals surface area contributed by atoms with Crippen LogP contribution in [0.5, 0.6) is 5.75 Å². The Morgan fingerprint density at radius 3 is 2.82 bits per heavy atom. The lowest BCUT2D eigenvalue weighted by Crippen LogP contribution is -2.40. The van der Waals surface area contributed by atoms with Gasteiger partial charge in [0.05, 0.1) is 5.75 Å². The van der Waals surface area contributed by atoms with Gasteiger partial charge in [-0.25, -0.2) is 13.2 Å². The van der Waals surface area contributed by atoms with Crippen molar-refractivity contribution < 1.29 is 22.4 Å². The number of sulfonamides is 1. The Balaban J connectivity index is 1.50. The number of hydrogen-bond donors (Lipinski definition) is 0. The molecule has 2 aliphatic rings. The van der Waals surface area contributed by atoms with Crippen molar-refractivity contribution in [3.05, 3.63) is 66.4 Å². The van der Waals surface area contributed by atoms with Gasteiger partial charge < -0.3 is 14.1 Å². The number of amidine groups is 1. The van der Waals surface area contributed by atoms with E-state index in [-0.39, 0.29) is 23.7 Å². The molecule has 0 fully saturated rings. The van der Waals surface area contributed by atoms with E-state index >= 15 is 0 Å². The third kappa shape index (κ3) is 2.78. The average Bonchev–Trinajstić information content (AvgIpc) is 3.05. The number of esters is 1. The first-order valence-corrected chi connectivity index (χ1v) is 10.2. The molecule has 0 saturated carbocycles. The Hall–Kier alpha value is -3.39. The molecule has 28 heavy (non-hydrogen) atoms. The Bertz CT molecular complexity index is 1330. The van der Waals surface area contributed by atoms with E-state index in [0.29, 0.717) is 11.3 Å². The summed E-state index contributed by atoms with van der Waals surface area (Å²) in [6.45, 7) is 0.245. The molecule has 0 aliphatic carbocycles. The molecule has 3 heterocycles. The predicted molar refractivity (Wildman–Crippen MR) is 105 cm³/mol. The first-order valence-electron chi connectivity index (χ1n) is 8.62. The van der Waals surface area contributed by atoms with Gasteiger partial charge in [-0.2, -0.15) is 0 Å². The fraction of sp³-hybridized carbons (Fsp3) is 0.100. The van der Waals surface area contributed by atoms with Crippen LogP contribution in [0.2, 0.25) is 0 Å². The number of fused-ring (bicyclic) bond motifs is 4. The molecule has 0 bridgehead atoms. The number of furan rings is 1. The van der Waals surface area contributed by atoms with E-state index in [1.807, 2.05) is 24.3 Å². The van der Waals surface area contributed by atoms with Crippen molar-refractivity contribution in [2.24, 2.45) is 4.40 Å². The number of para-hydroxylation sites is 1. The lowest BCUT2D eigenvalue weighted by atomic mass is 10.1. The minimum absolute atomic E-state index is 0.0899. The van der Waals surface area contributed by atoms with Crippen LogP contribution in [0, 0.1) is 0 Å². The molecular formula is C20H14N2O5S. The number of rotatable bonds is 2. The Labute approximate surface area is 160 Å². The average molecular weight is 394 g/mol. The number of ether oxygens (including phenoxy) is 1. The summed E-state index contributed by atoms with van der Waals surface area (Å²) in [7, 11) is -3.59. The largest absolute Gasteiger partial charge is 0.456 e. The smallest absolute Gasteiger partial charge is 0.347 e. The molecule has 2 aliphatic heterocycles. The van der Waals surface area contributed by atoms with E-state index < -0.39 is 16.0 Å². The van der Waals surface area contributed by atoms with Crippen molar-refractivity contribution in [3.8, 4) is 5.75 Å². The first kappa shape index (κ1) is 16.8. The van der Waals surface area contributed by atoms with E-state index in [9.17, 15) is 13.2 Å². The fourth-order valence-electron chi connectivity index (χ4n) is 3.31. The van der Waals surface area contributed by atoms with Gasteiger partial charge in [-0.05, 0) is 36.4 Å². The van der Waals surface area contributed by atoms with Crippen LogP contribution in [0.4, 0.5) is 0 Å². The summed E-state index contributed by atoms with van der Waals surface area (Å²) in [5, 5.41) is 1.75. The maximum atomic E-state index is 12.7. The third-order valence-electron chi connectivity index (χ3n) is 4.64. The van der Waals surface area contributed by atoms with Crippen LogP contribution in [0.15, 0.2) is 75.2 Å². The second-order valence-electron chi connectivity index (χ2n) is 6.46. The maximum Gasteiger partial charge on any atom is 0.347 e. The highest BCUT2D eigenvalue weighted by Gasteiger charge is 2.31. The van der Waals surface area contributed by atoms with Gasteiger partial charge in [-0.15, -0.1) is 4.40 Å². The monoisotopic (exact) mass is 394 g/mol. The van der Waals surface area contributed by atoms with E-state index in [1.54, 1.807) is 35.4 Å². The van der Waals surface area contributed by atoms with Gasteiger partial charge in [-0.1, -0.05) is 18.2 Å². The Morgan fingerprint density at radius 1 is 1.11 bits per heavy atom. The standard InChI is InChI=1S/C20H14N2O5S/c23-20(15-5-3-9-22-10-11-28(24,25)21-19(15)22)26-13-7-8-18-16(12-13)14-4-1-2-6-17(14)27-18/h1-9,12H,10-11H2. The number of carbonyl (C=O) groups excluding carboxylic acids is 1. The van der Waals surface area contributed by atoms with Crippen LogP contribution in [0.3, 0.4) is 0 Å². The normalized spacial score (nSPS) is 17.9. The van der Waals surface area contributed by atoms with Gasteiger partial charge in [-0.3, -0.25) is 0 Å². The highest BCUT2D eigenvalue weighted by atomic mass is 32.2. The fourth-order valence-corrected chi connectivity index (χ4v) is 4.29. The van der Waals surface area contributed by atoms with E-state index in [1.165, 1.54) is 6.08 Å². The minimum atomic E-state index is -3.59. The molecule has 2 aromatic carbocycles. The summed E-state index contributed by atoms with van der Waals surface area (Å²) >= 11 is 0. The molecule has 0 spiro atoms. The van der Waals surface area contributed by atoms with Crippen LogP contribution in [-0.2, 0) is 14.8 Å². The van der Waals surface area contributed by atoms with Crippen LogP contribution in [0.1, 0.15) is 0 Å². The highest BCUT2D eigenvalue weighted by Crippen LogP contribution is 2.31. The van der Waals surface area contributed by atoms with Gasteiger partial charge in [0.15, 0.2) is 5.84 Å². The van der Waals surface area contributed by atoms with Crippen molar-refractivity contribution in [2.75, 3.05) is 12.3 Å². The molecule has 0 amide bonds. The van der Waals surface area contributed by atoms with E-state index in [4.69, 9.17) is 9.15 Å². The molecule has 7 nitrogen and oxygen atoms in total. The topological polar surface area (TPSA) is 89.2 Å². The van der Waals surface area contributed by atoms with Crippen molar-refractivity contribution >= 4 is 43.8 Å². The molecule has 140 valence electrons. The maximum absolute atomic E-state index is 12.7. The lowest BCUT2D eigenvalue weighted by Gasteiger charge is -2.28. The number of allylic oxidation sites excluding steroid dienone is 2. The minimum Gasteiger partial charge on any atom is -0.456 e. The van der Waals surface area contributed by atoms with Crippen LogP contribution >= 0.6 is 0 Å². The van der Waals surface area contributed by atoms with Gasteiger partial charge in [0, 0.05) is 23.5 Å². The second-order valence-corrected chi connectivity index (χ2v) is 8.22. The van der Waals surface area contributed by atoms with Crippen LogP contribution < -0.4 is 4.74 Å². The number of benzene rings is 2. The van der Waals surface area contributed by atoms with Gasteiger partial charge in [0.25, 0.3) is 10.0 Å². The number of nitrogens with zero attached hydrogens (tertiary/aromatic N) is 2. The number of hydrogen-bond acceptors (Lipinski definition) is 6. The van der Waals surface area contributed by atoms with Gasteiger partial charge in [0.1, 0.15) is 22.5 Å². The molecule has 0 saturated heterocycles. The Kier molecular flexibility index (Phi) is 3.63. The quantitative estimate of drug-likeness (QED) is 0.490. The molecule has 0 unspecified atom stereocenters. The summed E-state index contributed by atoms with van der Waals surface area (Å²) in [6.07, 6.45) is 4.86. The molecule has 8 heteroatoms. The number of carbonyl (C=O) groups is 1. The Morgan fingerprint density at radius 2 is 1.93 bits per heavy atom. The molecule has 1 aromatic heterocycles. The summed E-state index contributed by atoms with van der Waals surface area (Å²) in [6, 6.07) is 12.7. The molecular weight excluding hydrogens is 380 g/mol. The van der Waals surface area contributed by atoms with Crippen LogP contribution in [-0.4, -0.2) is 37.4 Å². The highest BCUT2D eigenvalue weighted by molar-refractivity contribution is 7.90. The zero-order valence-corrected chi connectivity index (χ0v) is 15.3. The zero-order chi connectivity index (χ0) is 19.3. The van der Waals surface area contributed by atoms with Crippen molar-refractivity contribution in [1.29, 1.82) is 0 Å². The van der Waals surface area contributed by atoms with E-state index in [0.717, 1.165) is 16.4 Å². The molecule has 0 N–H and O–H groups in total. The molecule has 3 aromatic rings. The summed E-state index contributed by atoms with van der Waals surface area (Å²) < 4.78 is 38.7. The van der Waals surface area contributed by atoms with Crippen molar-refractivity contribution in [3.63, 3.8) is 0 Å². The lowest BCUT2D eigenvalue weighted by molar-refractivity contribution is -0.129. The summed E-state index contributed by atoms with van der Waals surface area (Å²) in [5.41, 5.74) is 1.54. The summed E-state index contributed by atoms with van der Waals surface area (Å²) in [5.74, 6) is -0.329. The molecule has 0 atom stereocenters. The third-order valence-corrected chi connectivity index (χ3v) is 5.79. The van der Waals surface area contributed by atoms with Crippen molar-refractivity contribution in [1.82, 2.24) is 4.90 Å². The first-order chi connectivity index (χ1) is 13.5.